The van der Waals surface area contributed by atoms with E-state index in [1.807, 2.05) is 0 Å². The average molecular weight is 239 g/mol. The Balaban J connectivity index is 3.92. The Bertz CT molecular complexity index is 287. The summed E-state index contributed by atoms with van der Waals surface area (Å²) in [6.07, 6.45) is 0.282. The maximum atomic E-state index is 11.3. The third-order valence-electron chi connectivity index (χ3n) is 1.75. The molecule has 0 aliphatic carbocycles. The van der Waals surface area contributed by atoms with E-state index in [4.69, 9.17) is 10.2 Å². The van der Waals surface area contributed by atoms with E-state index in [2.05, 4.69) is 4.72 Å². The van der Waals surface area contributed by atoms with Crippen molar-refractivity contribution in [3.05, 3.63) is 0 Å². The van der Waals surface area contributed by atoms with Crippen molar-refractivity contribution in [2.24, 2.45) is 0 Å². The van der Waals surface area contributed by atoms with Gasteiger partial charge >= 0.3 is 5.97 Å². The third kappa shape index (κ3) is 8.34. The highest BCUT2D eigenvalue weighted by Crippen LogP contribution is 1.98. The van der Waals surface area contributed by atoms with Crippen LogP contribution in [-0.4, -0.2) is 43.0 Å². The number of hydrogen-bond acceptors (Lipinski definition) is 4. The molecule has 0 aliphatic rings. The first kappa shape index (κ1) is 14.3. The molecule has 0 saturated heterocycles. The van der Waals surface area contributed by atoms with E-state index in [-0.39, 0.29) is 31.2 Å². The van der Waals surface area contributed by atoms with Gasteiger partial charge in [-0.3, -0.25) is 4.79 Å². The van der Waals surface area contributed by atoms with E-state index < -0.39 is 16.0 Å². The Morgan fingerprint density at radius 1 is 1.47 bits per heavy atom. The van der Waals surface area contributed by atoms with Gasteiger partial charge in [0.25, 0.3) is 0 Å². The lowest BCUT2D eigenvalue weighted by Gasteiger charge is -2.12. The van der Waals surface area contributed by atoms with Crippen LogP contribution in [0.15, 0.2) is 0 Å². The Hall–Kier alpha value is -0.660. The topological polar surface area (TPSA) is 104 Å². The molecule has 0 amide bonds. The number of aliphatic carboxylic acids is 1. The van der Waals surface area contributed by atoms with Crippen LogP contribution >= 0.6 is 0 Å². The summed E-state index contributed by atoms with van der Waals surface area (Å²) in [5.74, 6) is -1.21. The molecule has 0 aliphatic heterocycles. The summed E-state index contributed by atoms with van der Waals surface area (Å²) in [6, 6.07) is -0.329. The van der Waals surface area contributed by atoms with E-state index in [0.29, 0.717) is 6.42 Å². The molecule has 0 aromatic rings. The fourth-order valence-electron chi connectivity index (χ4n) is 1.03. The van der Waals surface area contributed by atoms with E-state index in [1.165, 1.54) is 0 Å². The number of rotatable bonds is 8. The molecule has 0 heterocycles. The molecule has 0 fully saturated rings. The van der Waals surface area contributed by atoms with Gasteiger partial charge < -0.3 is 10.2 Å². The molecule has 6 nitrogen and oxygen atoms in total. The highest BCUT2D eigenvalue weighted by Gasteiger charge is 2.14. The standard InChI is InChI=1S/C8H17NO5S/c1-7(4-5-10)9-15(13,14)6-2-3-8(11)12/h7,9-10H,2-6H2,1H3,(H,11,12). The molecule has 0 radical (unpaired) electrons. The minimum atomic E-state index is -3.42. The number of aliphatic hydroxyl groups is 1. The zero-order valence-corrected chi connectivity index (χ0v) is 9.46. The maximum absolute atomic E-state index is 11.3. The summed E-state index contributed by atoms with van der Waals surface area (Å²) in [4.78, 5) is 10.2. The van der Waals surface area contributed by atoms with Gasteiger partial charge in [-0.25, -0.2) is 13.1 Å². The van der Waals surface area contributed by atoms with Crippen LogP contribution in [0, 0.1) is 0 Å². The number of carboxylic acids is 1. The monoisotopic (exact) mass is 239 g/mol. The van der Waals surface area contributed by atoms with Crippen LogP contribution in [0.25, 0.3) is 0 Å². The molecule has 1 unspecified atom stereocenters. The Labute approximate surface area is 89.4 Å². The summed E-state index contributed by atoms with van der Waals surface area (Å²) in [5.41, 5.74) is 0. The quantitative estimate of drug-likeness (QED) is 0.532. The zero-order valence-electron chi connectivity index (χ0n) is 8.64. The number of carboxylic acid groups (broad SMARTS) is 1. The second-order valence-electron chi connectivity index (χ2n) is 3.35. The predicted octanol–water partition coefficient (Wildman–Crippen LogP) is -0.458. The zero-order chi connectivity index (χ0) is 11.9. The minimum Gasteiger partial charge on any atom is -0.481 e. The Kier molecular flexibility index (Phi) is 6.46. The van der Waals surface area contributed by atoms with Gasteiger partial charge in [0.1, 0.15) is 0 Å². The molecule has 3 N–H and O–H groups in total. The lowest BCUT2D eigenvalue weighted by atomic mass is 10.3. The number of sulfonamides is 1. The molecule has 7 heteroatoms. The molecule has 0 aromatic carbocycles. The van der Waals surface area contributed by atoms with Gasteiger partial charge in [-0.15, -0.1) is 0 Å². The van der Waals surface area contributed by atoms with Crippen molar-refractivity contribution in [1.29, 1.82) is 0 Å². The first-order valence-corrected chi connectivity index (χ1v) is 6.35. The Morgan fingerprint density at radius 2 is 2.07 bits per heavy atom. The van der Waals surface area contributed by atoms with Crippen molar-refractivity contribution in [3.63, 3.8) is 0 Å². The van der Waals surface area contributed by atoms with Crippen LogP contribution in [0.2, 0.25) is 0 Å². The van der Waals surface area contributed by atoms with Gasteiger partial charge in [0.2, 0.25) is 10.0 Å². The van der Waals surface area contributed by atoms with Crippen molar-refractivity contribution in [2.45, 2.75) is 32.2 Å². The van der Waals surface area contributed by atoms with Crippen molar-refractivity contribution >= 4 is 16.0 Å². The summed E-state index contributed by atoms with van der Waals surface area (Å²) >= 11 is 0. The molecular weight excluding hydrogens is 222 g/mol. The molecule has 0 rings (SSSR count). The smallest absolute Gasteiger partial charge is 0.303 e. The molecule has 90 valence electrons. The highest BCUT2D eigenvalue weighted by molar-refractivity contribution is 7.89. The summed E-state index contributed by atoms with van der Waals surface area (Å²) in [6.45, 7) is 1.56. The molecule has 0 spiro atoms. The number of hydrogen-bond donors (Lipinski definition) is 3. The Morgan fingerprint density at radius 3 is 2.53 bits per heavy atom. The van der Waals surface area contributed by atoms with E-state index >= 15 is 0 Å². The van der Waals surface area contributed by atoms with Gasteiger partial charge in [0.15, 0.2) is 0 Å². The summed E-state index contributed by atoms with van der Waals surface area (Å²) in [7, 11) is -3.42. The summed E-state index contributed by atoms with van der Waals surface area (Å²) < 4.78 is 25.0. The van der Waals surface area contributed by atoms with Crippen molar-refractivity contribution < 1.29 is 23.4 Å². The van der Waals surface area contributed by atoms with Crippen LogP contribution in [0.5, 0.6) is 0 Å². The second-order valence-corrected chi connectivity index (χ2v) is 5.22. The third-order valence-corrected chi connectivity index (χ3v) is 3.33. The first-order chi connectivity index (χ1) is 6.87. The average Bonchev–Trinajstić information content (AvgIpc) is 2.01. The van der Waals surface area contributed by atoms with E-state index in [0.717, 1.165) is 0 Å². The largest absolute Gasteiger partial charge is 0.481 e. The van der Waals surface area contributed by atoms with Crippen molar-refractivity contribution in [1.82, 2.24) is 4.72 Å². The van der Waals surface area contributed by atoms with Gasteiger partial charge in [-0.05, 0) is 19.8 Å². The number of aliphatic hydroxyl groups excluding tert-OH is 1. The van der Waals surface area contributed by atoms with Crippen molar-refractivity contribution in [2.75, 3.05) is 12.4 Å². The van der Waals surface area contributed by atoms with Crippen LogP contribution < -0.4 is 4.72 Å². The van der Waals surface area contributed by atoms with Crippen LogP contribution in [0.4, 0.5) is 0 Å². The SMILES string of the molecule is CC(CCO)NS(=O)(=O)CCCC(=O)O. The van der Waals surface area contributed by atoms with Gasteiger partial charge in [-0.1, -0.05) is 0 Å². The van der Waals surface area contributed by atoms with Gasteiger partial charge in [-0.2, -0.15) is 0 Å². The predicted molar refractivity (Wildman–Crippen MR) is 55.0 cm³/mol. The van der Waals surface area contributed by atoms with Crippen LogP contribution in [0.3, 0.4) is 0 Å². The van der Waals surface area contributed by atoms with Gasteiger partial charge in [0.05, 0.1) is 5.75 Å². The molecule has 0 saturated carbocycles. The molecule has 15 heavy (non-hydrogen) atoms. The number of carbonyl (C=O) groups is 1. The van der Waals surface area contributed by atoms with Gasteiger partial charge in [0, 0.05) is 19.1 Å². The normalized spacial score (nSPS) is 13.7. The second kappa shape index (κ2) is 6.76. The fraction of sp³-hybridized carbons (Fsp3) is 0.875. The maximum Gasteiger partial charge on any atom is 0.303 e. The molecule has 0 bridgehead atoms. The first-order valence-electron chi connectivity index (χ1n) is 4.70. The molecule has 0 aromatic heterocycles. The molecular formula is C8H17NO5S. The van der Waals surface area contributed by atoms with Crippen LogP contribution in [-0.2, 0) is 14.8 Å². The van der Waals surface area contributed by atoms with Crippen molar-refractivity contribution in [3.8, 4) is 0 Å². The highest BCUT2D eigenvalue weighted by atomic mass is 32.2. The molecule has 1 atom stereocenters. The fourth-order valence-corrected chi connectivity index (χ4v) is 2.40. The van der Waals surface area contributed by atoms with E-state index in [9.17, 15) is 13.2 Å². The lowest BCUT2D eigenvalue weighted by molar-refractivity contribution is -0.137. The van der Waals surface area contributed by atoms with E-state index in [1.54, 1.807) is 6.92 Å². The number of nitrogens with one attached hydrogen (secondary N) is 1. The summed E-state index contributed by atoms with van der Waals surface area (Å²) in [5, 5.41) is 16.9. The van der Waals surface area contributed by atoms with Crippen LogP contribution in [0.1, 0.15) is 26.2 Å². The lowest BCUT2D eigenvalue weighted by Crippen LogP contribution is -2.35. The minimum absolute atomic E-state index is 0.0845.